The number of carbonyl (C=O) groups excluding carboxylic acids is 2. The molecule has 1 saturated heterocycles. The number of amides is 2. The second kappa shape index (κ2) is 8.79. The van der Waals surface area contributed by atoms with Gasteiger partial charge in [0.15, 0.2) is 5.16 Å². The molecule has 1 N–H and O–H groups in total. The van der Waals surface area contributed by atoms with Crippen LogP contribution in [0.15, 0.2) is 64.9 Å². The topological polar surface area (TPSA) is 110 Å². The third-order valence-electron chi connectivity index (χ3n) is 5.06. The van der Waals surface area contributed by atoms with Gasteiger partial charge in [0, 0.05) is 43.4 Å². The molecular weight excluding hydrogens is 437 g/mol. The van der Waals surface area contributed by atoms with E-state index in [-0.39, 0.29) is 30.5 Å². The van der Waals surface area contributed by atoms with Crippen molar-refractivity contribution in [3.05, 3.63) is 70.8 Å². The lowest BCUT2D eigenvalue weighted by Crippen LogP contribution is -2.28. The van der Waals surface area contributed by atoms with Crippen molar-refractivity contribution in [2.24, 2.45) is 13.0 Å². The average molecular weight is 455 g/mol. The minimum absolute atomic E-state index is 0.0438. The summed E-state index contributed by atoms with van der Waals surface area (Å²) >= 11 is 1.40. The Balaban J connectivity index is 1.49. The summed E-state index contributed by atoms with van der Waals surface area (Å²) in [6, 6.07) is 10.5. The van der Waals surface area contributed by atoms with E-state index in [1.165, 1.54) is 22.7 Å². The first-order chi connectivity index (χ1) is 15.3. The van der Waals surface area contributed by atoms with Gasteiger partial charge in [-0.1, -0.05) is 12.1 Å². The molecule has 2 heterocycles. The highest BCUT2D eigenvalue weighted by atomic mass is 32.2. The molecule has 164 valence electrons. The van der Waals surface area contributed by atoms with Crippen LogP contribution in [0.1, 0.15) is 6.42 Å². The number of rotatable bonds is 6. The Hall–Kier alpha value is -3.73. The third kappa shape index (κ3) is 4.33. The number of hydrogen-bond donors (Lipinski definition) is 1. The van der Waals surface area contributed by atoms with Gasteiger partial charge in [-0.05, 0) is 36.0 Å². The number of nitro groups is 1. The first kappa shape index (κ1) is 21.5. The van der Waals surface area contributed by atoms with Crippen LogP contribution in [0.25, 0.3) is 0 Å². The summed E-state index contributed by atoms with van der Waals surface area (Å²) in [5.74, 6) is -2.34. The number of nitrogens with one attached hydrogen (secondary N) is 1. The highest BCUT2D eigenvalue weighted by Gasteiger charge is 2.36. The second-order valence-corrected chi connectivity index (χ2v) is 8.22. The number of benzene rings is 2. The molecule has 0 bridgehead atoms. The predicted molar refractivity (Wildman–Crippen MR) is 116 cm³/mol. The van der Waals surface area contributed by atoms with Gasteiger partial charge in [-0.25, -0.2) is 4.98 Å². The number of nitro benzene ring substituents is 1. The first-order valence-corrected chi connectivity index (χ1v) is 10.4. The highest BCUT2D eigenvalue weighted by Crippen LogP contribution is 2.34. The molecule has 0 spiro atoms. The largest absolute Gasteiger partial charge is 0.329 e. The van der Waals surface area contributed by atoms with E-state index in [9.17, 15) is 24.1 Å². The minimum Gasteiger partial charge on any atom is -0.329 e. The minimum atomic E-state index is -0.985. The van der Waals surface area contributed by atoms with Gasteiger partial charge >= 0.3 is 5.69 Å². The Morgan fingerprint density at radius 3 is 2.81 bits per heavy atom. The fraction of sp³-hybridized carbons (Fsp3) is 0.190. The molecule has 2 aromatic carbocycles. The Morgan fingerprint density at radius 2 is 2.09 bits per heavy atom. The van der Waals surface area contributed by atoms with Gasteiger partial charge in [-0.15, -0.1) is 0 Å². The van der Waals surface area contributed by atoms with Gasteiger partial charge in [-0.3, -0.25) is 19.7 Å². The van der Waals surface area contributed by atoms with E-state index < -0.39 is 22.3 Å². The van der Waals surface area contributed by atoms with Crippen molar-refractivity contribution < 1.29 is 18.9 Å². The summed E-state index contributed by atoms with van der Waals surface area (Å²) in [6.45, 7) is 0.0438. The van der Waals surface area contributed by atoms with Gasteiger partial charge in [0.05, 0.1) is 22.2 Å². The van der Waals surface area contributed by atoms with E-state index in [1.54, 1.807) is 18.3 Å². The SMILES string of the molecule is Cn1ccnc1Sc1ccccc1NC(=O)C1CC(=O)N(c2ccc(F)c([N+](=O)[O-])c2)C1. The molecule has 0 radical (unpaired) electrons. The van der Waals surface area contributed by atoms with E-state index in [0.29, 0.717) is 5.69 Å². The number of nitrogens with zero attached hydrogens (tertiary/aromatic N) is 4. The molecule has 1 atom stereocenters. The second-order valence-electron chi connectivity index (χ2n) is 7.21. The zero-order valence-corrected chi connectivity index (χ0v) is 17.7. The molecule has 9 nitrogen and oxygen atoms in total. The predicted octanol–water partition coefficient (Wildman–Crippen LogP) is 3.61. The van der Waals surface area contributed by atoms with Gasteiger partial charge in [0.25, 0.3) is 0 Å². The van der Waals surface area contributed by atoms with Gasteiger partial charge in [0.1, 0.15) is 0 Å². The maximum Gasteiger partial charge on any atom is 0.306 e. The van der Waals surface area contributed by atoms with Gasteiger partial charge in [0.2, 0.25) is 17.6 Å². The van der Waals surface area contributed by atoms with Crippen LogP contribution in [0.3, 0.4) is 0 Å². The van der Waals surface area contributed by atoms with Crippen LogP contribution in [0.5, 0.6) is 0 Å². The van der Waals surface area contributed by atoms with Crippen LogP contribution in [0.2, 0.25) is 0 Å². The molecule has 3 aromatic rings. The van der Waals surface area contributed by atoms with E-state index in [0.717, 1.165) is 22.2 Å². The molecule has 1 aliphatic heterocycles. The first-order valence-electron chi connectivity index (χ1n) is 9.63. The zero-order chi connectivity index (χ0) is 22.8. The number of halogens is 1. The molecule has 1 aliphatic rings. The zero-order valence-electron chi connectivity index (χ0n) is 16.9. The summed E-state index contributed by atoms with van der Waals surface area (Å²) in [7, 11) is 1.87. The summed E-state index contributed by atoms with van der Waals surface area (Å²) in [6.07, 6.45) is 3.45. The van der Waals surface area contributed by atoms with Crippen LogP contribution >= 0.6 is 11.8 Å². The van der Waals surface area contributed by atoms with Crippen molar-refractivity contribution in [3.8, 4) is 0 Å². The number of para-hydroxylation sites is 1. The number of hydrogen-bond acceptors (Lipinski definition) is 6. The van der Waals surface area contributed by atoms with Gasteiger partial charge < -0.3 is 14.8 Å². The summed E-state index contributed by atoms with van der Waals surface area (Å²) in [5, 5.41) is 14.6. The number of aryl methyl sites for hydroxylation is 1. The van der Waals surface area contributed by atoms with Crippen molar-refractivity contribution >= 4 is 40.6 Å². The lowest BCUT2D eigenvalue weighted by molar-refractivity contribution is -0.387. The number of anilines is 2. The normalized spacial score (nSPS) is 15.8. The van der Waals surface area contributed by atoms with E-state index in [2.05, 4.69) is 10.3 Å². The smallest absolute Gasteiger partial charge is 0.306 e. The maximum atomic E-state index is 13.6. The standard InChI is InChI=1S/C21H18FN5O4S/c1-25-9-8-23-21(25)32-18-5-3-2-4-16(18)24-20(29)13-10-19(28)26(12-13)14-6-7-15(22)17(11-14)27(30)31/h2-9,11,13H,10,12H2,1H3,(H,24,29). The van der Waals surface area contributed by atoms with Crippen LogP contribution in [-0.2, 0) is 16.6 Å². The van der Waals surface area contributed by atoms with E-state index in [1.807, 2.05) is 29.9 Å². The fourth-order valence-corrected chi connectivity index (χ4v) is 4.27. The molecule has 32 heavy (non-hydrogen) atoms. The Kier molecular flexibility index (Phi) is 5.91. The summed E-state index contributed by atoms with van der Waals surface area (Å²) < 4.78 is 15.5. The third-order valence-corrected chi connectivity index (χ3v) is 6.21. The van der Waals surface area contributed by atoms with Crippen LogP contribution in [-0.4, -0.2) is 32.8 Å². The molecular formula is C21H18FN5O4S. The molecule has 11 heteroatoms. The van der Waals surface area contributed by atoms with Crippen molar-refractivity contribution in [2.75, 3.05) is 16.8 Å². The Bertz CT molecular complexity index is 1210. The number of imidazole rings is 1. The van der Waals surface area contributed by atoms with E-state index in [4.69, 9.17) is 0 Å². The molecule has 2 amide bonds. The Labute approximate surface area is 186 Å². The van der Waals surface area contributed by atoms with Crippen LogP contribution < -0.4 is 10.2 Å². The highest BCUT2D eigenvalue weighted by molar-refractivity contribution is 7.99. The number of carbonyl (C=O) groups is 2. The lowest BCUT2D eigenvalue weighted by atomic mass is 10.1. The summed E-state index contributed by atoms with van der Waals surface area (Å²) in [5.41, 5.74) is 0.0568. The monoisotopic (exact) mass is 455 g/mol. The molecule has 1 fully saturated rings. The van der Waals surface area contributed by atoms with Crippen molar-refractivity contribution in [1.82, 2.24) is 9.55 Å². The van der Waals surface area contributed by atoms with Crippen molar-refractivity contribution in [3.63, 3.8) is 0 Å². The van der Waals surface area contributed by atoms with Crippen LogP contribution in [0, 0.1) is 21.8 Å². The van der Waals surface area contributed by atoms with Crippen molar-refractivity contribution in [1.29, 1.82) is 0 Å². The van der Waals surface area contributed by atoms with Crippen molar-refractivity contribution in [2.45, 2.75) is 16.5 Å². The Morgan fingerprint density at radius 1 is 1.31 bits per heavy atom. The molecule has 0 saturated carbocycles. The molecule has 1 unspecified atom stereocenters. The number of aromatic nitrogens is 2. The molecule has 0 aliphatic carbocycles. The molecule has 4 rings (SSSR count). The van der Waals surface area contributed by atoms with Gasteiger partial charge in [-0.2, -0.15) is 4.39 Å². The lowest BCUT2D eigenvalue weighted by Gasteiger charge is -2.17. The average Bonchev–Trinajstić information content (AvgIpc) is 3.35. The maximum absolute atomic E-state index is 13.6. The van der Waals surface area contributed by atoms with Crippen LogP contribution in [0.4, 0.5) is 21.5 Å². The quantitative estimate of drug-likeness (QED) is 0.449. The van der Waals surface area contributed by atoms with E-state index >= 15 is 0 Å². The molecule has 1 aromatic heterocycles. The fourth-order valence-electron chi connectivity index (χ4n) is 3.38. The summed E-state index contributed by atoms with van der Waals surface area (Å²) in [4.78, 5) is 41.9.